The molecule has 0 bridgehead atoms. The number of aromatic nitrogens is 4. The Bertz CT molecular complexity index is 2160. The van der Waals surface area contributed by atoms with Crippen molar-refractivity contribution < 1.29 is 9.84 Å². The van der Waals surface area contributed by atoms with Gasteiger partial charge in [-0.05, 0) is 78.8 Å². The van der Waals surface area contributed by atoms with Crippen LogP contribution in [0.3, 0.4) is 0 Å². The van der Waals surface area contributed by atoms with Gasteiger partial charge in [0.1, 0.15) is 18.1 Å². The van der Waals surface area contributed by atoms with Crippen molar-refractivity contribution >= 4 is 11.1 Å². The van der Waals surface area contributed by atoms with E-state index in [1.54, 1.807) is 13.1 Å². The summed E-state index contributed by atoms with van der Waals surface area (Å²) in [6, 6.07) is 39.8. The second kappa shape index (κ2) is 18.9. The summed E-state index contributed by atoms with van der Waals surface area (Å²) < 4.78 is 10.0. The molecule has 0 atom stereocenters. The first-order chi connectivity index (χ1) is 26.4. The van der Waals surface area contributed by atoms with E-state index < -0.39 is 0 Å². The summed E-state index contributed by atoms with van der Waals surface area (Å²) in [5, 5.41) is 18.6. The quantitative estimate of drug-likeness (QED) is 0.0704. The number of pyridine rings is 1. The molecule has 0 aliphatic rings. The van der Waals surface area contributed by atoms with Gasteiger partial charge in [0.25, 0.3) is 0 Å². The minimum atomic E-state index is -0.327. The van der Waals surface area contributed by atoms with Gasteiger partial charge in [0.2, 0.25) is 5.43 Å². The highest BCUT2D eigenvalue weighted by molar-refractivity contribution is 5.98. The van der Waals surface area contributed by atoms with Crippen molar-refractivity contribution in [2.45, 2.75) is 65.6 Å². The molecular weight excluding hydrogens is 671 g/mol. The maximum absolute atomic E-state index is 11.6. The van der Waals surface area contributed by atoms with Gasteiger partial charge in [0.15, 0.2) is 5.75 Å². The van der Waals surface area contributed by atoms with E-state index in [-0.39, 0.29) is 11.2 Å². The number of hydrogen-bond donors (Lipinski definition) is 1. The summed E-state index contributed by atoms with van der Waals surface area (Å²) in [6.07, 6.45) is 8.83. The van der Waals surface area contributed by atoms with Crippen molar-refractivity contribution in [3.05, 3.63) is 166 Å². The van der Waals surface area contributed by atoms with Gasteiger partial charge in [-0.25, -0.2) is 0 Å². The first-order valence-corrected chi connectivity index (χ1v) is 19.0. The molecule has 54 heavy (non-hydrogen) atoms. The van der Waals surface area contributed by atoms with Gasteiger partial charge in [0, 0.05) is 44.0 Å². The van der Waals surface area contributed by atoms with E-state index in [1.807, 2.05) is 15.4 Å². The molecule has 1 N–H and O–H groups in total. The highest BCUT2D eigenvalue weighted by atomic mass is 16.5. The van der Waals surface area contributed by atoms with Crippen LogP contribution in [-0.4, -0.2) is 49.8 Å². The van der Waals surface area contributed by atoms with E-state index >= 15 is 0 Å². The summed E-state index contributed by atoms with van der Waals surface area (Å²) >= 11 is 0. The average Bonchev–Trinajstić information content (AvgIpc) is 3.68. The molecular formula is C46H51N5O3. The van der Waals surface area contributed by atoms with Crippen molar-refractivity contribution in [1.29, 1.82) is 0 Å². The molecule has 2 aromatic heterocycles. The Hall–Kier alpha value is -5.73. The van der Waals surface area contributed by atoms with E-state index in [0.29, 0.717) is 12.3 Å². The molecule has 278 valence electrons. The predicted molar refractivity (Wildman–Crippen MR) is 218 cm³/mol. The van der Waals surface area contributed by atoms with Gasteiger partial charge < -0.3 is 14.4 Å². The molecule has 4 aromatic carbocycles. The van der Waals surface area contributed by atoms with Crippen molar-refractivity contribution in [2.75, 3.05) is 20.2 Å². The number of unbranched alkanes of at least 4 members (excludes halogenated alkanes) is 3. The van der Waals surface area contributed by atoms with Gasteiger partial charge in [0.05, 0.1) is 11.9 Å². The third-order valence-electron chi connectivity index (χ3n) is 9.91. The minimum absolute atomic E-state index is 0.155. The zero-order chi connectivity index (χ0) is 37.7. The van der Waals surface area contributed by atoms with Crippen LogP contribution < -0.4 is 10.2 Å². The van der Waals surface area contributed by atoms with Crippen molar-refractivity contribution in [2.24, 2.45) is 0 Å². The summed E-state index contributed by atoms with van der Waals surface area (Å²) in [5.74, 6) is 0.715. The number of benzene rings is 4. The molecule has 6 aromatic rings. The van der Waals surface area contributed by atoms with Crippen molar-refractivity contribution in [3.8, 4) is 22.8 Å². The lowest BCUT2D eigenvalue weighted by Crippen LogP contribution is -2.23. The Morgan fingerprint density at radius 2 is 1.43 bits per heavy atom. The van der Waals surface area contributed by atoms with E-state index in [0.717, 1.165) is 75.3 Å². The Labute approximate surface area is 319 Å². The molecule has 0 amide bonds. The zero-order valence-corrected chi connectivity index (χ0v) is 31.7. The van der Waals surface area contributed by atoms with Gasteiger partial charge in [-0.1, -0.05) is 122 Å². The molecule has 0 aliphatic carbocycles. The first-order valence-electron chi connectivity index (χ1n) is 19.0. The Morgan fingerprint density at radius 3 is 2.11 bits per heavy atom. The Kier molecular flexibility index (Phi) is 13.3. The number of allylic oxidation sites excluding steroid dienone is 1. The van der Waals surface area contributed by atoms with Crippen molar-refractivity contribution in [3.63, 3.8) is 0 Å². The highest BCUT2D eigenvalue weighted by Gasteiger charge is 2.13. The Morgan fingerprint density at radius 1 is 0.778 bits per heavy atom. The van der Waals surface area contributed by atoms with Crippen LogP contribution in [0.25, 0.3) is 22.4 Å². The lowest BCUT2D eigenvalue weighted by atomic mass is 9.88. The molecule has 0 fully saturated rings. The molecule has 2 heterocycles. The van der Waals surface area contributed by atoms with Crippen LogP contribution in [0.5, 0.6) is 11.5 Å². The van der Waals surface area contributed by atoms with Gasteiger partial charge in [-0.2, -0.15) is 0 Å². The number of nitrogens with zero attached hydrogens (tertiary/aromatic N) is 5. The van der Waals surface area contributed by atoms with Crippen LogP contribution in [-0.2, 0) is 19.6 Å². The van der Waals surface area contributed by atoms with Gasteiger partial charge >= 0.3 is 0 Å². The fourth-order valence-corrected chi connectivity index (χ4v) is 6.85. The number of likely N-dealkylation sites (N-methyl/N-ethyl adjacent to an activating group) is 1. The lowest BCUT2D eigenvalue weighted by Gasteiger charge is -2.18. The fourth-order valence-electron chi connectivity index (χ4n) is 6.85. The third-order valence-corrected chi connectivity index (χ3v) is 9.91. The number of aromatic hydroxyl groups is 1. The first kappa shape index (κ1) is 38.0. The number of ether oxygens (including phenoxy) is 1. The standard InChI is InChI=1S/C46H51N5O3/c1-4-42(37-15-9-7-10-16-37)45(39-17-11-8-12-18-39)40-23-25-41(26-24-40)54-32-31-49(3)33-36-19-21-38(22-20-36)43-34-51(48-47-43)29-14-6-5-13-28-50-30-27-44(52)46(53)35(50)2/h7-12,15-27,30,34,53H,4-6,13-14,28-29,31-33H2,1-3H3/b45-42-. The second-order valence-corrected chi connectivity index (χ2v) is 13.8. The van der Waals surface area contributed by atoms with Gasteiger partial charge in [-0.3, -0.25) is 14.4 Å². The molecule has 0 spiro atoms. The van der Waals surface area contributed by atoms with Crippen LogP contribution in [0.2, 0.25) is 0 Å². The highest BCUT2D eigenvalue weighted by Crippen LogP contribution is 2.35. The lowest BCUT2D eigenvalue weighted by molar-refractivity contribution is 0.233. The van der Waals surface area contributed by atoms with Gasteiger partial charge in [-0.15, -0.1) is 5.10 Å². The largest absolute Gasteiger partial charge is 0.503 e. The van der Waals surface area contributed by atoms with Crippen LogP contribution in [0.4, 0.5) is 0 Å². The molecule has 8 nitrogen and oxygen atoms in total. The maximum atomic E-state index is 11.6. The monoisotopic (exact) mass is 721 g/mol. The van der Waals surface area contributed by atoms with Crippen LogP contribution >= 0.6 is 0 Å². The molecule has 6 rings (SSSR count). The molecule has 0 saturated carbocycles. The second-order valence-electron chi connectivity index (χ2n) is 13.8. The Balaban J connectivity index is 0.942. The summed E-state index contributed by atoms with van der Waals surface area (Å²) in [4.78, 5) is 13.8. The van der Waals surface area contributed by atoms with Crippen molar-refractivity contribution in [1.82, 2.24) is 24.5 Å². The topological polar surface area (TPSA) is 85.4 Å². The number of hydrogen-bond acceptors (Lipinski definition) is 6. The van der Waals surface area contributed by atoms with E-state index in [2.05, 4.69) is 138 Å². The van der Waals surface area contributed by atoms with E-state index in [9.17, 15) is 9.90 Å². The fraction of sp³-hybridized carbons (Fsp3) is 0.283. The van der Waals surface area contributed by atoms with Crippen LogP contribution in [0.15, 0.2) is 132 Å². The summed E-state index contributed by atoms with van der Waals surface area (Å²) in [5.41, 5.74) is 9.69. The predicted octanol–water partition coefficient (Wildman–Crippen LogP) is 9.26. The number of rotatable bonds is 18. The normalized spacial score (nSPS) is 11.9. The van der Waals surface area contributed by atoms with Crippen LogP contribution in [0, 0.1) is 6.92 Å². The zero-order valence-electron chi connectivity index (χ0n) is 31.7. The number of aryl methyl sites for hydroxylation is 2. The molecule has 8 heteroatoms. The molecule has 0 unspecified atom stereocenters. The smallest absolute Gasteiger partial charge is 0.223 e. The van der Waals surface area contributed by atoms with E-state index in [1.165, 1.54) is 39.5 Å². The molecule has 0 saturated heterocycles. The van der Waals surface area contributed by atoms with E-state index in [4.69, 9.17) is 4.74 Å². The SMILES string of the molecule is CC/C(=C(\c1ccccc1)c1ccc(OCCN(C)Cc2ccc(-c3cn(CCCCCCn4ccc(=O)c(O)c4C)nn3)cc2)cc1)c1ccccc1. The third kappa shape index (κ3) is 10.0. The van der Waals surface area contributed by atoms with Crippen LogP contribution in [0.1, 0.15) is 67.0 Å². The maximum Gasteiger partial charge on any atom is 0.223 e. The molecule has 0 aliphatic heterocycles. The summed E-state index contributed by atoms with van der Waals surface area (Å²) in [6.45, 7) is 7.83. The molecule has 0 radical (unpaired) electrons. The summed E-state index contributed by atoms with van der Waals surface area (Å²) in [7, 11) is 2.12. The average molecular weight is 722 g/mol. The minimum Gasteiger partial charge on any atom is -0.503 e.